The zero-order valence-corrected chi connectivity index (χ0v) is 12.9. The second-order valence-corrected chi connectivity index (χ2v) is 5.32. The van der Waals surface area contributed by atoms with Gasteiger partial charge in [-0.1, -0.05) is 18.2 Å². The van der Waals surface area contributed by atoms with E-state index in [1.165, 1.54) is 0 Å². The van der Waals surface area contributed by atoms with E-state index in [1.807, 2.05) is 42.5 Å². The Hall–Kier alpha value is -2.69. The number of carbonyl (C=O) groups excluding carboxylic acids is 1. The van der Waals surface area contributed by atoms with Crippen LogP contribution in [0.15, 0.2) is 48.7 Å². The van der Waals surface area contributed by atoms with E-state index in [0.29, 0.717) is 6.42 Å². The summed E-state index contributed by atoms with van der Waals surface area (Å²) in [7, 11) is 0. The maximum atomic E-state index is 11.8. The summed E-state index contributed by atoms with van der Waals surface area (Å²) in [6.45, 7) is 0. The Morgan fingerprint density at radius 2 is 1.91 bits per heavy atom. The molecule has 5 nitrogen and oxygen atoms in total. The van der Waals surface area contributed by atoms with Crippen LogP contribution in [0.5, 0.6) is 0 Å². The van der Waals surface area contributed by atoms with E-state index < -0.39 is 5.97 Å². The lowest BCUT2D eigenvalue weighted by Crippen LogP contribution is -2.12. The third-order valence-electron chi connectivity index (χ3n) is 3.40. The molecule has 1 aromatic carbocycles. The maximum absolute atomic E-state index is 11.8. The molecular formula is C18H20N2O3. The van der Waals surface area contributed by atoms with Crippen LogP contribution in [0.3, 0.4) is 0 Å². The average Bonchev–Trinajstić information content (AvgIpc) is 2.54. The molecule has 1 heterocycles. The lowest BCUT2D eigenvalue weighted by molar-refractivity contribution is -0.137. The number of aliphatic carboxylic acids is 1. The number of carboxylic acids is 1. The van der Waals surface area contributed by atoms with Crippen LogP contribution in [0.4, 0.5) is 5.69 Å². The van der Waals surface area contributed by atoms with Crippen LogP contribution in [0.25, 0.3) is 0 Å². The summed E-state index contributed by atoms with van der Waals surface area (Å²) in [5.74, 6) is -1.04. The first kappa shape index (κ1) is 16.7. The van der Waals surface area contributed by atoms with Gasteiger partial charge in [0.05, 0.1) is 0 Å². The van der Waals surface area contributed by atoms with Crippen LogP contribution in [-0.4, -0.2) is 22.0 Å². The second-order valence-electron chi connectivity index (χ2n) is 5.32. The van der Waals surface area contributed by atoms with Crippen LogP contribution in [0.2, 0.25) is 0 Å². The van der Waals surface area contributed by atoms with Crippen molar-refractivity contribution in [2.75, 3.05) is 5.32 Å². The van der Waals surface area contributed by atoms with Crippen LogP contribution in [0.1, 0.15) is 30.5 Å². The molecule has 0 aliphatic heterocycles. The number of amides is 1. The first-order valence-corrected chi connectivity index (χ1v) is 7.64. The zero-order valence-electron chi connectivity index (χ0n) is 12.9. The van der Waals surface area contributed by atoms with Crippen molar-refractivity contribution in [2.24, 2.45) is 0 Å². The number of hydrogen-bond donors (Lipinski definition) is 2. The average molecular weight is 312 g/mol. The van der Waals surface area contributed by atoms with Gasteiger partial charge >= 0.3 is 5.97 Å². The predicted molar refractivity (Wildman–Crippen MR) is 88.2 cm³/mol. The van der Waals surface area contributed by atoms with Gasteiger partial charge in [-0.2, -0.15) is 0 Å². The summed E-state index contributed by atoms with van der Waals surface area (Å²) in [6.07, 6.45) is 4.04. The number of nitrogens with one attached hydrogen (secondary N) is 1. The lowest BCUT2D eigenvalue weighted by Gasteiger charge is -2.07. The van der Waals surface area contributed by atoms with E-state index >= 15 is 0 Å². The summed E-state index contributed by atoms with van der Waals surface area (Å²) >= 11 is 0. The molecule has 0 bridgehead atoms. The quantitative estimate of drug-likeness (QED) is 0.785. The molecule has 0 aliphatic rings. The minimum atomic E-state index is -0.880. The van der Waals surface area contributed by atoms with E-state index in [2.05, 4.69) is 10.3 Å². The molecule has 1 amide bonds. The summed E-state index contributed by atoms with van der Waals surface area (Å²) < 4.78 is 0. The van der Waals surface area contributed by atoms with Crippen LogP contribution in [0, 0.1) is 0 Å². The van der Waals surface area contributed by atoms with Gasteiger partial charge in [-0.15, -0.1) is 0 Å². The van der Waals surface area contributed by atoms with Crippen molar-refractivity contribution in [3.63, 3.8) is 0 Å². The molecule has 2 rings (SSSR count). The van der Waals surface area contributed by atoms with E-state index in [4.69, 9.17) is 5.11 Å². The number of carboxylic acid groups (broad SMARTS) is 1. The molecule has 5 heteroatoms. The summed E-state index contributed by atoms with van der Waals surface area (Å²) in [5.41, 5.74) is 2.90. The van der Waals surface area contributed by atoms with Gasteiger partial charge in [-0.3, -0.25) is 14.6 Å². The Kier molecular flexibility index (Phi) is 6.29. The van der Waals surface area contributed by atoms with Crippen molar-refractivity contribution in [3.05, 3.63) is 59.9 Å². The van der Waals surface area contributed by atoms with Gasteiger partial charge in [-0.25, -0.2) is 0 Å². The Morgan fingerprint density at radius 3 is 2.65 bits per heavy atom. The number of pyridine rings is 1. The van der Waals surface area contributed by atoms with E-state index in [1.54, 1.807) is 6.20 Å². The van der Waals surface area contributed by atoms with Crippen molar-refractivity contribution in [2.45, 2.75) is 32.1 Å². The standard InChI is InChI=1S/C18H20N2O3/c21-17(8-4-9-18(22)23)20-16-7-3-5-14(13-16)10-11-15-6-1-2-12-19-15/h1-3,5-7,12-13H,4,8-11H2,(H,20,21)(H,22,23). The number of rotatable bonds is 8. The molecule has 2 N–H and O–H groups in total. The Bertz CT molecular complexity index is 656. The number of hydrogen-bond acceptors (Lipinski definition) is 3. The Balaban J connectivity index is 1.84. The van der Waals surface area contributed by atoms with Crippen molar-refractivity contribution in [3.8, 4) is 0 Å². The molecule has 0 saturated heterocycles. The topological polar surface area (TPSA) is 79.3 Å². The second kappa shape index (κ2) is 8.68. The molecule has 0 fully saturated rings. The fourth-order valence-corrected chi connectivity index (χ4v) is 2.25. The van der Waals surface area contributed by atoms with Gasteiger partial charge in [0.1, 0.15) is 0 Å². The molecule has 0 saturated carbocycles. The Morgan fingerprint density at radius 1 is 1.04 bits per heavy atom. The number of benzene rings is 1. The highest BCUT2D eigenvalue weighted by atomic mass is 16.4. The smallest absolute Gasteiger partial charge is 0.303 e. The summed E-state index contributed by atoms with van der Waals surface area (Å²) in [5, 5.41) is 11.4. The zero-order chi connectivity index (χ0) is 16.5. The van der Waals surface area contributed by atoms with Gasteiger partial charge in [-0.05, 0) is 49.1 Å². The summed E-state index contributed by atoms with van der Waals surface area (Å²) in [4.78, 5) is 26.5. The number of aryl methyl sites for hydroxylation is 2. The van der Waals surface area contributed by atoms with Gasteiger partial charge in [0.15, 0.2) is 0 Å². The fourth-order valence-electron chi connectivity index (χ4n) is 2.25. The number of nitrogens with zero attached hydrogens (tertiary/aromatic N) is 1. The minimum Gasteiger partial charge on any atom is -0.481 e. The SMILES string of the molecule is O=C(O)CCCC(=O)Nc1cccc(CCc2ccccn2)c1. The Labute approximate surface area is 135 Å². The van der Waals surface area contributed by atoms with E-state index in [-0.39, 0.29) is 18.7 Å². The molecule has 0 aliphatic carbocycles. The minimum absolute atomic E-state index is 0.0114. The molecule has 0 atom stereocenters. The molecule has 0 radical (unpaired) electrons. The van der Waals surface area contributed by atoms with Crippen LogP contribution < -0.4 is 5.32 Å². The van der Waals surface area contributed by atoms with Crippen LogP contribution in [-0.2, 0) is 22.4 Å². The molecule has 2 aromatic rings. The lowest BCUT2D eigenvalue weighted by atomic mass is 10.1. The molecular weight excluding hydrogens is 292 g/mol. The monoisotopic (exact) mass is 312 g/mol. The van der Waals surface area contributed by atoms with Crippen molar-refractivity contribution < 1.29 is 14.7 Å². The van der Waals surface area contributed by atoms with E-state index in [0.717, 1.165) is 29.8 Å². The van der Waals surface area contributed by atoms with E-state index in [9.17, 15) is 9.59 Å². The number of anilines is 1. The van der Waals surface area contributed by atoms with Crippen molar-refractivity contribution >= 4 is 17.6 Å². The molecule has 0 spiro atoms. The largest absolute Gasteiger partial charge is 0.481 e. The third kappa shape index (κ3) is 6.30. The normalized spacial score (nSPS) is 10.3. The number of carbonyl (C=O) groups is 2. The first-order chi connectivity index (χ1) is 11.1. The molecule has 23 heavy (non-hydrogen) atoms. The highest BCUT2D eigenvalue weighted by Gasteiger charge is 2.05. The van der Waals surface area contributed by atoms with Crippen molar-refractivity contribution in [1.29, 1.82) is 0 Å². The van der Waals surface area contributed by atoms with Crippen LogP contribution >= 0.6 is 0 Å². The molecule has 1 aromatic heterocycles. The fraction of sp³-hybridized carbons (Fsp3) is 0.278. The first-order valence-electron chi connectivity index (χ1n) is 7.64. The molecule has 0 unspecified atom stereocenters. The van der Waals surface area contributed by atoms with Crippen molar-refractivity contribution in [1.82, 2.24) is 4.98 Å². The molecule has 120 valence electrons. The maximum Gasteiger partial charge on any atom is 0.303 e. The predicted octanol–water partition coefficient (Wildman–Crippen LogP) is 3.06. The highest BCUT2D eigenvalue weighted by molar-refractivity contribution is 5.90. The van der Waals surface area contributed by atoms with Gasteiger partial charge in [0.25, 0.3) is 0 Å². The number of aromatic nitrogens is 1. The highest BCUT2D eigenvalue weighted by Crippen LogP contribution is 2.13. The van der Waals surface area contributed by atoms with Gasteiger partial charge in [0.2, 0.25) is 5.91 Å². The third-order valence-corrected chi connectivity index (χ3v) is 3.40. The van der Waals surface area contributed by atoms with Gasteiger partial charge < -0.3 is 10.4 Å². The summed E-state index contributed by atoms with van der Waals surface area (Å²) in [6, 6.07) is 13.6. The van der Waals surface area contributed by atoms with Gasteiger partial charge in [0, 0.05) is 30.4 Å².